The smallest absolute Gasteiger partial charge is 0.407 e. The van der Waals surface area contributed by atoms with E-state index in [-0.39, 0.29) is 12.1 Å². The predicted molar refractivity (Wildman–Crippen MR) is 91.3 cm³/mol. The molecule has 0 heterocycles. The highest BCUT2D eigenvalue weighted by molar-refractivity contribution is 5.68. The molecule has 1 rings (SSSR count). The number of hydrogen-bond donors (Lipinski definition) is 2. The van der Waals surface area contributed by atoms with Gasteiger partial charge in [-0.1, -0.05) is 12.1 Å². The summed E-state index contributed by atoms with van der Waals surface area (Å²) in [5, 5.41) is 6.15. The Morgan fingerprint density at radius 2 is 1.82 bits per heavy atom. The number of rotatable bonds is 6. The second kappa shape index (κ2) is 8.03. The van der Waals surface area contributed by atoms with Crippen molar-refractivity contribution in [3.8, 4) is 0 Å². The molecular weight excluding hydrogens is 278 g/mol. The molecule has 0 aromatic heterocycles. The number of anilines is 1. The van der Waals surface area contributed by atoms with Gasteiger partial charge in [-0.15, -0.1) is 0 Å². The molecule has 0 saturated heterocycles. The van der Waals surface area contributed by atoms with Crippen molar-refractivity contribution in [3.05, 3.63) is 29.8 Å². The maximum absolute atomic E-state index is 11.6. The number of carbonyl (C=O) groups excluding carboxylic acids is 1. The third-order valence-corrected chi connectivity index (χ3v) is 3.00. The fraction of sp³-hybridized carbons (Fsp3) is 0.588. The van der Waals surface area contributed by atoms with Crippen LogP contribution in [0.15, 0.2) is 24.3 Å². The van der Waals surface area contributed by atoms with E-state index in [1.807, 2.05) is 41.8 Å². The highest BCUT2D eigenvalue weighted by atomic mass is 16.6. The topological polar surface area (TPSA) is 53.6 Å². The normalized spacial score (nSPS) is 12.6. The summed E-state index contributed by atoms with van der Waals surface area (Å²) in [5.74, 6) is 0. The molecule has 1 amide bonds. The molecule has 22 heavy (non-hydrogen) atoms. The van der Waals surface area contributed by atoms with E-state index in [1.54, 1.807) is 0 Å². The molecule has 0 fully saturated rings. The van der Waals surface area contributed by atoms with Gasteiger partial charge in [-0.2, -0.15) is 0 Å². The van der Waals surface area contributed by atoms with Crippen LogP contribution in [0.5, 0.6) is 0 Å². The first-order chi connectivity index (χ1) is 10.2. The lowest BCUT2D eigenvalue weighted by Gasteiger charge is -2.22. The number of amides is 1. The minimum Gasteiger partial charge on any atom is -0.444 e. The van der Waals surface area contributed by atoms with Crippen molar-refractivity contribution in [1.29, 1.82) is 0 Å². The molecule has 1 aromatic rings. The second-order valence-electron chi connectivity index (χ2n) is 6.74. The average Bonchev–Trinajstić information content (AvgIpc) is 2.36. The van der Waals surface area contributed by atoms with Crippen LogP contribution in [0.2, 0.25) is 0 Å². The van der Waals surface area contributed by atoms with Gasteiger partial charge in [0.1, 0.15) is 5.60 Å². The molecule has 1 atom stereocenters. The Kier molecular flexibility index (Phi) is 6.68. The van der Waals surface area contributed by atoms with Crippen LogP contribution in [0.4, 0.5) is 10.5 Å². The van der Waals surface area contributed by atoms with Crippen molar-refractivity contribution in [3.63, 3.8) is 0 Å². The zero-order valence-corrected chi connectivity index (χ0v) is 14.6. The quantitative estimate of drug-likeness (QED) is 0.848. The molecule has 0 spiro atoms. The van der Waals surface area contributed by atoms with Crippen LogP contribution in [-0.2, 0) is 11.3 Å². The molecule has 0 bridgehead atoms. The van der Waals surface area contributed by atoms with E-state index in [9.17, 15) is 4.79 Å². The van der Waals surface area contributed by atoms with Gasteiger partial charge >= 0.3 is 6.09 Å². The molecule has 2 N–H and O–H groups in total. The zero-order chi connectivity index (χ0) is 16.8. The van der Waals surface area contributed by atoms with Gasteiger partial charge < -0.3 is 20.3 Å². The summed E-state index contributed by atoms with van der Waals surface area (Å²) in [6, 6.07) is 8.41. The highest BCUT2D eigenvalue weighted by Gasteiger charge is 2.17. The number of carbonyl (C=O) groups is 1. The summed E-state index contributed by atoms with van der Waals surface area (Å²) in [6.07, 6.45) is -0.378. The van der Waals surface area contributed by atoms with E-state index >= 15 is 0 Å². The highest BCUT2D eigenvalue weighted by Crippen LogP contribution is 2.12. The van der Waals surface area contributed by atoms with E-state index in [0.717, 1.165) is 6.54 Å². The minimum absolute atomic E-state index is 0.0101. The van der Waals surface area contributed by atoms with E-state index in [4.69, 9.17) is 4.74 Å². The lowest BCUT2D eigenvalue weighted by atomic mass is 10.2. The van der Waals surface area contributed by atoms with Gasteiger partial charge in [-0.3, -0.25) is 0 Å². The third-order valence-electron chi connectivity index (χ3n) is 3.00. The van der Waals surface area contributed by atoms with Crippen molar-refractivity contribution >= 4 is 11.8 Å². The van der Waals surface area contributed by atoms with Crippen molar-refractivity contribution in [2.75, 3.05) is 25.5 Å². The van der Waals surface area contributed by atoms with Crippen LogP contribution < -0.4 is 15.5 Å². The van der Waals surface area contributed by atoms with E-state index in [0.29, 0.717) is 6.54 Å². The molecule has 0 saturated carbocycles. The van der Waals surface area contributed by atoms with Crippen LogP contribution in [0.25, 0.3) is 0 Å². The van der Waals surface area contributed by atoms with Crippen LogP contribution in [0, 0.1) is 0 Å². The Bertz CT molecular complexity index is 464. The molecule has 0 aliphatic rings. The number of hydrogen-bond acceptors (Lipinski definition) is 4. The molecule has 5 nitrogen and oxygen atoms in total. The van der Waals surface area contributed by atoms with Gasteiger partial charge in [-0.25, -0.2) is 4.79 Å². The van der Waals surface area contributed by atoms with Gasteiger partial charge in [0.05, 0.1) is 0 Å². The van der Waals surface area contributed by atoms with Crippen molar-refractivity contribution in [2.24, 2.45) is 0 Å². The van der Waals surface area contributed by atoms with Crippen LogP contribution in [-0.4, -0.2) is 38.4 Å². The van der Waals surface area contributed by atoms with Crippen LogP contribution in [0.1, 0.15) is 33.3 Å². The molecule has 1 aromatic carbocycles. The predicted octanol–water partition coefficient (Wildman–Crippen LogP) is 2.76. The van der Waals surface area contributed by atoms with Gasteiger partial charge in [0.2, 0.25) is 0 Å². The number of benzene rings is 1. The van der Waals surface area contributed by atoms with Gasteiger partial charge in [0.15, 0.2) is 0 Å². The fourth-order valence-electron chi connectivity index (χ4n) is 1.90. The molecule has 5 heteroatoms. The third kappa shape index (κ3) is 7.31. The Labute approximate surface area is 134 Å². The Hall–Kier alpha value is -1.75. The van der Waals surface area contributed by atoms with Gasteiger partial charge in [0, 0.05) is 38.9 Å². The Balaban J connectivity index is 2.30. The first-order valence-electron chi connectivity index (χ1n) is 7.64. The molecule has 0 aliphatic heterocycles. The SMILES string of the molecule is CC(CNCc1ccc(N(C)C)cc1)NC(=O)OC(C)(C)C. The largest absolute Gasteiger partial charge is 0.444 e. The van der Waals surface area contributed by atoms with E-state index in [2.05, 4.69) is 39.8 Å². The molecule has 1 unspecified atom stereocenters. The lowest BCUT2D eigenvalue weighted by Crippen LogP contribution is -2.42. The molecular formula is C17H29N3O2. The maximum Gasteiger partial charge on any atom is 0.407 e. The summed E-state index contributed by atoms with van der Waals surface area (Å²) in [4.78, 5) is 13.7. The van der Waals surface area contributed by atoms with Crippen molar-refractivity contribution < 1.29 is 9.53 Å². The summed E-state index contributed by atoms with van der Waals surface area (Å²) in [7, 11) is 4.05. The lowest BCUT2D eigenvalue weighted by molar-refractivity contribution is 0.0508. The van der Waals surface area contributed by atoms with Crippen LogP contribution >= 0.6 is 0 Å². The maximum atomic E-state index is 11.6. The van der Waals surface area contributed by atoms with Crippen molar-refractivity contribution in [1.82, 2.24) is 10.6 Å². The first-order valence-corrected chi connectivity index (χ1v) is 7.64. The summed E-state index contributed by atoms with van der Waals surface area (Å²) in [5.41, 5.74) is 1.93. The van der Waals surface area contributed by atoms with E-state index in [1.165, 1.54) is 11.3 Å². The summed E-state index contributed by atoms with van der Waals surface area (Å²) in [6.45, 7) is 8.97. The first kappa shape index (κ1) is 18.3. The monoisotopic (exact) mass is 307 g/mol. The minimum atomic E-state index is -0.467. The molecule has 0 aliphatic carbocycles. The van der Waals surface area contributed by atoms with Gasteiger partial charge in [-0.05, 0) is 45.4 Å². The van der Waals surface area contributed by atoms with Gasteiger partial charge in [0.25, 0.3) is 0 Å². The average molecular weight is 307 g/mol. The number of nitrogens with zero attached hydrogens (tertiary/aromatic N) is 1. The number of ether oxygens (including phenoxy) is 1. The second-order valence-corrected chi connectivity index (χ2v) is 6.74. The molecule has 0 radical (unpaired) electrons. The summed E-state index contributed by atoms with van der Waals surface area (Å²) >= 11 is 0. The zero-order valence-electron chi connectivity index (χ0n) is 14.6. The Morgan fingerprint density at radius 1 is 1.23 bits per heavy atom. The van der Waals surface area contributed by atoms with Crippen LogP contribution in [0.3, 0.4) is 0 Å². The standard InChI is InChI=1S/C17H29N3O2/c1-13(19-16(21)22-17(2,3)4)11-18-12-14-7-9-15(10-8-14)20(5)6/h7-10,13,18H,11-12H2,1-6H3,(H,19,21). The number of alkyl carbamates (subject to hydrolysis) is 1. The number of nitrogens with one attached hydrogen (secondary N) is 2. The Morgan fingerprint density at radius 3 is 2.32 bits per heavy atom. The van der Waals surface area contributed by atoms with Crippen molar-refractivity contribution in [2.45, 2.75) is 45.9 Å². The fourth-order valence-corrected chi connectivity index (χ4v) is 1.90. The summed E-state index contributed by atoms with van der Waals surface area (Å²) < 4.78 is 5.23. The molecule has 124 valence electrons. The van der Waals surface area contributed by atoms with E-state index < -0.39 is 5.60 Å².